The SMILES string of the molecule is Cc1oc(-c2ccccc2)nc1CC(=O)N(C)Cc1nc2ccsc2c(=O)[nH]1. The highest BCUT2D eigenvalue weighted by molar-refractivity contribution is 7.17. The molecule has 1 amide bonds. The lowest BCUT2D eigenvalue weighted by molar-refractivity contribution is -0.129. The summed E-state index contributed by atoms with van der Waals surface area (Å²) in [5, 5.41) is 1.82. The van der Waals surface area contributed by atoms with Crippen molar-refractivity contribution in [2.24, 2.45) is 0 Å². The van der Waals surface area contributed by atoms with Crippen LogP contribution in [0.2, 0.25) is 0 Å². The first-order valence-corrected chi connectivity index (χ1v) is 9.61. The minimum absolute atomic E-state index is 0.115. The summed E-state index contributed by atoms with van der Waals surface area (Å²) >= 11 is 1.35. The van der Waals surface area contributed by atoms with E-state index in [1.54, 1.807) is 20.0 Å². The van der Waals surface area contributed by atoms with E-state index in [-0.39, 0.29) is 24.4 Å². The predicted molar refractivity (Wildman–Crippen MR) is 107 cm³/mol. The van der Waals surface area contributed by atoms with Crippen LogP contribution >= 0.6 is 11.3 Å². The normalized spacial score (nSPS) is 11.1. The van der Waals surface area contributed by atoms with Gasteiger partial charge in [0.15, 0.2) is 0 Å². The second kappa shape index (κ2) is 7.40. The van der Waals surface area contributed by atoms with Crippen LogP contribution in [0.5, 0.6) is 0 Å². The zero-order chi connectivity index (χ0) is 19.7. The van der Waals surface area contributed by atoms with Gasteiger partial charge in [0, 0.05) is 12.6 Å². The van der Waals surface area contributed by atoms with Crippen LogP contribution in [-0.2, 0) is 17.8 Å². The van der Waals surface area contributed by atoms with E-state index in [1.165, 1.54) is 16.2 Å². The van der Waals surface area contributed by atoms with Crippen LogP contribution in [0.4, 0.5) is 0 Å². The van der Waals surface area contributed by atoms with Crippen LogP contribution in [0.1, 0.15) is 17.3 Å². The van der Waals surface area contributed by atoms with Crippen molar-refractivity contribution in [3.8, 4) is 11.5 Å². The average molecular weight is 394 g/mol. The highest BCUT2D eigenvalue weighted by Crippen LogP contribution is 2.22. The van der Waals surface area contributed by atoms with Gasteiger partial charge in [-0.05, 0) is 30.5 Å². The third-order valence-corrected chi connectivity index (χ3v) is 5.31. The van der Waals surface area contributed by atoms with Gasteiger partial charge in [-0.25, -0.2) is 9.97 Å². The highest BCUT2D eigenvalue weighted by atomic mass is 32.1. The molecule has 3 heterocycles. The number of carbonyl (C=O) groups is 1. The number of fused-ring (bicyclic) bond motifs is 1. The second-order valence-corrected chi connectivity index (χ2v) is 7.38. The molecule has 0 radical (unpaired) electrons. The molecular formula is C20H18N4O3S. The standard InChI is InChI=1S/C20H18N4O3S/c1-12-15(22-20(27-12)13-6-4-3-5-7-13)10-17(25)24(2)11-16-21-14-8-9-28-18(14)19(26)23-16/h3-9H,10-11H2,1-2H3,(H,21,23,26). The van der Waals surface area contributed by atoms with E-state index in [1.807, 2.05) is 35.7 Å². The number of benzene rings is 1. The minimum Gasteiger partial charge on any atom is -0.441 e. The molecule has 3 aromatic heterocycles. The molecule has 8 heteroatoms. The summed E-state index contributed by atoms with van der Waals surface area (Å²) < 4.78 is 6.30. The number of aryl methyl sites for hydroxylation is 1. The zero-order valence-electron chi connectivity index (χ0n) is 15.4. The van der Waals surface area contributed by atoms with Crippen LogP contribution in [0.25, 0.3) is 21.7 Å². The Bertz CT molecular complexity index is 1190. The maximum Gasteiger partial charge on any atom is 0.268 e. The molecule has 0 bridgehead atoms. The molecule has 4 rings (SSSR count). The van der Waals surface area contributed by atoms with Crippen molar-refractivity contribution in [2.45, 2.75) is 19.9 Å². The Balaban J connectivity index is 1.48. The van der Waals surface area contributed by atoms with Crippen LogP contribution in [0.15, 0.2) is 51.0 Å². The number of aromatic nitrogens is 3. The molecule has 142 valence electrons. The van der Waals surface area contributed by atoms with Gasteiger partial charge in [0.25, 0.3) is 5.56 Å². The summed E-state index contributed by atoms with van der Waals surface area (Å²) in [4.78, 5) is 37.9. The molecule has 0 atom stereocenters. The number of rotatable bonds is 5. The van der Waals surface area contributed by atoms with Gasteiger partial charge < -0.3 is 14.3 Å². The Morgan fingerprint density at radius 2 is 2.00 bits per heavy atom. The first kappa shape index (κ1) is 18.1. The van der Waals surface area contributed by atoms with E-state index < -0.39 is 0 Å². The van der Waals surface area contributed by atoms with Gasteiger partial charge >= 0.3 is 0 Å². The predicted octanol–water partition coefficient (Wildman–Crippen LogP) is 3.15. The van der Waals surface area contributed by atoms with Crippen LogP contribution < -0.4 is 5.56 Å². The van der Waals surface area contributed by atoms with Gasteiger partial charge in [-0.3, -0.25) is 9.59 Å². The molecule has 0 saturated carbocycles. The van der Waals surface area contributed by atoms with Crippen molar-refractivity contribution < 1.29 is 9.21 Å². The maximum absolute atomic E-state index is 12.6. The summed E-state index contributed by atoms with van der Waals surface area (Å²) in [6.45, 7) is 2.01. The molecule has 1 aromatic carbocycles. The number of H-pyrrole nitrogens is 1. The number of aromatic amines is 1. The van der Waals surface area contributed by atoms with E-state index in [4.69, 9.17) is 4.42 Å². The summed E-state index contributed by atoms with van der Waals surface area (Å²) in [6.07, 6.45) is 0.115. The van der Waals surface area contributed by atoms with Crippen molar-refractivity contribution in [2.75, 3.05) is 7.05 Å². The van der Waals surface area contributed by atoms with Crippen LogP contribution in [0.3, 0.4) is 0 Å². The molecule has 4 aromatic rings. The Hall–Kier alpha value is -3.26. The Morgan fingerprint density at radius 1 is 1.21 bits per heavy atom. The van der Waals surface area contributed by atoms with E-state index in [0.29, 0.717) is 33.4 Å². The van der Waals surface area contributed by atoms with Crippen molar-refractivity contribution in [3.63, 3.8) is 0 Å². The fourth-order valence-electron chi connectivity index (χ4n) is 2.88. The molecule has 0 aliphatic rings. The van der Waals surface area contributed by atoms with E-state index in [0.717, 1.165) is 5.56 Å². The Morgan fingerprint density at radius 3 is 2.79 bits per heavy atom. The minimum atomic E-state index is -0.185. The topological polar surface area (TPSA) is 92.1 Å². The summed E-state index contributed by atoms with van der Waals surface area (Å²) in [7, 11) is 1.67. The molecule has 0 aliphatic heterocycles. The number of thiophene rings is 1. The van der Waals surface area contributed by atoms with Gasteiger partial charge in [-0.2, -0.15) is 0 Å². The molecular weight excluding hydrogens is 376 g/mol. The lowest BCUT2D eigenvalue weighted by Gasteiger charge is -2.16. The van der Waals surface area contributed by atoms with Gasteiger partial charge in [0.1, 0.15) is 16.3 Å². The maximum atomic E-state index is 12.6. The van der Waals surface area contributed by atoms with Gasteiger partial charge in [0.05, 0.1) is 24.2 Å². The third kappa shape index (κ3) is 3.59. The Labute approximate surface area is 164 Å². The monoisotopic (exact) mass is 394 g/mol. The number of carbonyl (C=O) groups excluding carboxylic acids is 1. The van der Waals surface area contributed by atoms with Gasteiger partial charge in [0.2, 0.25) is 11.8 Å². The van der Waals surface area contributed by atoms with Crippen molar-refractivity contribution >= 4 is 27.5 Å². The van der Waals surface area contributed by atoms with Crippen LogP contribution in [-0.4, -0.2) is 32.8 Å². The zero-order valence-corrected chi connectivity index (χ0v) is 16.2. The molecule has 0 unspecified atom stereocenters. The van der Waals surface area contributed by atoms with E-state index in [9.17, 15) is 9.59 Å². The fraction of sp³-hybridized carbons (Fsp3) is 0.200. The smallest absolute Gasteiger partial charge is 0.268 e. The number of oxazole rings is 1. The molecule has 0 spiro atoms. The number of nitrogens with one attached hydrogen (secondary N) is 1. The lowest BCUT2D eigenvalue weighted by Crippen LogP contribution is -2.29. The molecule has 0 aliphatic carbocycles. The first-order valence-electron chi connectivity index (χ1n) is 8.73. The third-order valence-electron chi connectivity index (χ3n) is 4.41. The number of nitrogens with zero attached hydrogens (tertiary/aromatic N) is 3. The number of likely N-dealkylation sites (N-methyl/N-ethyl adjacent to an activating group) is 1. The fourth-order valence-corrected chi connectivity index (χ4v) is 3.61. The van der Waals surface area contributed by atoms with Crippen LogP contribution in [0, 0.1) is 6.92 Å². The second-order valence-electron chi connectivity index (χ2n) is 6.46. The van der Waals surface area contributed by atoms with E-state index >= 15 is 0 Å². The molecule has 7 nitrogen and oxygen atoms in total. The quantitative estimate of drug-likeness (QED) is 0.561. The number of amides is 1. The first-order chi connectivity index (χ1) is 13.5. The van der Waals surface area contributed by atoms with E-state index in [2.05, 4.69) is 15.0 Å². The Kier molecular flexibility index (Phi) is 4.79. The molecule has 0 saturated heterocycles. The summed E-state index contributed by atoms with van der Waals surface area (Å²) in [6, 6.07) is 11.4. The highest BCUT2D eigenvalue weighted by Gasteiger charge is 2.18. The number of hydrogen-bond acceptors (Lipinski definition) is 6. The summed E-state index contributed by atoms with van der Waals surface area (Å²) in [5.74, 6) is 1.43. The average Bonchev–Trinajstić information content (AvgIpc) is 3.30. The van der Waals surface area contributed by atoms with Crippen molar-refractivity contribution in [3.05, 3.63) is 69.4 Å². The lowest BCUT2D eigenvalue weighted by atomic mass is 10.2. The largest absolute Gasteiger partial charge is 0.441 e. The number of hydrogen-bond donors (Lipinski definition) is 1. The molecule has 1 N–H and O–H groups in total. The van der Waals surface area contributed by atoms with Crippen molar-refractivity contribution in [1.82, 2.24) is 19.9 Å². The van der Waals surface area contributed by atoms with Gasteiger partial charge in [-0.1, -0.05) is 18.2 Å². The van der Waals surface area contributed by atoms with Crippen molar-refractivity contribution in [1.29, 1.82) is 0 Å². The molecule has 28 heavy (non-hydrogen) atoms. The summed E-state index contributed by atoms with van der Waals surface area (Å²) in [5.41, 5.74) is 1.93. The van der Waals surface area contributed by atoms with Gasteiger partial charge in [-0.15, -0.1) is 11.3 Å². The molecule has 0 fully saturated rings.